The molecule has 1 aromatic carbocycles. The minimum Gasteiger partial charge on any atom is -0.478 e. The molecular weight excluding hydrogens is 220 g/mol. The Hall–Kier alpha value is -2.04. The van der Waals surface area contributed by atoms with E-state index in [1.54, 1.807) is 28.3 Å². The van der Waals surface area contributed by atoms with Crippen molar-refractivity contribution in [3.8, 4) is 0 Å². The summed E-state index contributed by atoms with van der Waals surface area (Å²) in [7, 11) is 1.71. The number of fused-ring (bicyclic) bond motifs is 1. The number of benzene rings is 1. The van der Waals surface area contributed by atoms with Gasteiger partial charge in [0.25, 0.3) is 0 Å². The van der Waals surface area contributed by atoms with Crippen molar-refractivity contribution < 1.29 is 9.90 Å². The van der Waals surface area contributed by atoms with Gasteiger partial charge >= 0.3 is 11.7 Å². The normalized spacial score (nSPS) is 15.4. The largest absolute Gasteiger partial charge is 0.478 e. The van der Waals surface area contributed by atoms with Gasteiger partial charge in [0.2, 0.25) is 0 Å². The molecule has 5 heteroatoms. The molecule has 88 valence electrons. The van der Waals surface area contributed by atoms with Gasteiger partial charge in [-0.15, -0.1) is 0 Å². The lowest BCUT2D eigenvalue weighted by molar-refractivity contribution is 0.0697. The average molecular weight is 232 g/mol. The fraction of sp³-hybridized carbons (Fsp3) is 0.333. The number of carboxylic acid groups (broad SMARTS) is 1. The molecule has 1 aromatic heterocycles. The van der Waals surface area contributed by atoms with Gasteiger partial charge in [-0.1, -0.05) is 0 Å². The van der Waals surface area contributed by atoms with Crippen LogP contribution >= 0.6 is 0 Å². The average Bonchev–Trinajstić information content (AvgIpc) is 3.09. The summed E-state index contributed by atoms with van der Waals surface area (Å²) in [5.74, 6) is -0.967. The van der Waals surface area contributed by atoms with E-state index in [9.17, 15) is 9.59 Å². The van der Waals surface area contributed by atoms with Crippen molar-refractivity contribution in [3.05, 3.63) is 34.2 Å². The van der Waals surface area contributed by atoms with Crippen LogP contribution in [0, 0.1) is 0 Å². The van der Waals surface area contributed by atoms with Crippen LogP contribution in [-0.2, 0) is 7.05 Å². The number of imidazole rings is 1. The van der Waals surface area contributed by atoms with Gasteiger partial charge in [0.1, 0.15) is 0 Å². The molecule has 0 saturated heterocycles. The van der Waals surface area contributed by atoms with E-state index < -0.39 is 5.97 Å². The van der Waals surface area contributed by atoms with Crippen molar-refractivity contribution in [2.24, 2.45) is 7.05 Å². The second-order valence-electron chi connectivity index (χ2n) is 4.45. The highest BCUT2D eigenvalue weighted by atomic mass is 16.4. The Morgan fingerprint density at radius 1 is 1.35 bits per heavy atom. The molecule has 1 fully saturated rings. The first-order chi connectivity index (χ1) is 8.09. The van der Waals surface area contributed by atoms with Crippen molar-refractivity contribution in [1.29, 1.82) is 0 Å². The quantitative estimate of drug-likeness (QED) is 0.850. The molecule has 1 saturated carbocycles. The molecule has 0 atom stereocenters. The summed E-state index contributed by atoms with van der Waals surface area (Å²) in [4.78, 5) is 23.0. The molecule has 0 radical (unpaired) electrons. The smallest absolute Gasteiger partial charge is 0.335 e. The van der Waals surface area contributed by atoms with Gasteiger partial charge in [0.15, 0.2) is 0 Å². The van der Waals surface area contributed by atoms with E-state index in [-0.39, 0.29) is 17.3 Å². The summed E-state index contributed by atoms with van der Waals surface area (Å²) >= 11 is 0. The topological polar surface area (TPSA) is 64.2 Å². The number of aryl methyl sites for hydroxylation is 1. The van der Waals surface area contributed by atoms with Gasteiger partial charge in [-0.2, -0.15) is 0 Å². The maximum atomic E-state index is 12.0. The number of rotatable bonds is 2. The molecule has 3 rings (SSSR count). The standard InChI is InChI=1S/C12H12N2O3/c1-13-9-5-2-7(11(15)16)6-10(9)14(12(13)17)8-3-4-8/h2,5-6,8H,3-4H2,1H3,(H,15,16). The number of carboxylic acids is 1. The van der Waals surface area contributed by atoms with Crippen LogP contribution in [0.1, 0.15) is 29.2 Å². The molecule has 1 N–H and O–H groups in total. The van der Waals surface area contributed by atoms with Gasteiger partial charge in [-0.05, 0) is 31.0 Å². The fourth-order valence-electron chi connectivity index (χ4n) is 2.19. The number of hydrogen-bond acceptors (Lipinski definition) is 2. The highest BCUT2D eigenvalue weighted by Crippen LogP contribution is 2.36. The van der Waals surface area contributed by atoms with Crippen LogP contribution < -0.4 is 5.69 Å². The third-order valence-corrected chi connectivity index (χ3v) is 3.25. The Morgan fingerprint density at radius 2 is 2.06 bits per heavy atom. The van der Waals surface area contributed by atoms with Crippen molar-refractivity contribution in [2.75, 3.05) is 0 Å². The molecule has 1 aliphatic rings. The van der Waals surface area contributed by atoms with Crippen LogP contribution in [0.3, 0.4) is 0 Å². The minimum atomic E-state index is -0.967. The van der Waals surface area contributed by atoms with E-state index in [1.165, 1.54) is 6.07 Å². The third-order valence-electron chi connectivity index (χ3n) is 3.25. The van der Waals surface area contributed by atoms with Crippen LogP contribution in [-0.4, -0.2) is 20.2 Å². The van der Waals surface area contributed by atoms with Crippen molar-refractivity contribution in [1.82, 2.24) is 9.13 Å². The zero-order valence-corrected chi connectivity index (χ0v) is 9.38. The summed E-state index contributed by atoms with van der Waals surface area (Å²) in [5.41, 5.74) is 1.66. The lowest BCUT2D eigenvalue weighted by Crippen LogP contribution is -2.21. The molecule has 1 aliphatic carbocycles. The highest BCUT2D eigenvalue weighted by molar-refractivity contribution is 5.92. The Kier molecular flexibility index (Phi) is 1.92. The fourth-order valence-corrected chi connectivity index (χ4v) is 2.19. The van der Waals surface area contributed by atoms with E-state index in [0.29, 0.717) is 0 Å². The van der Waals surface area contributed by atoms with Crippen LogP contribution in [0.15, 0.2) is 23.0 Å². The van der Waals surface area contributed by atoms with Gasteiger partial charge in [0.05, 0.1) is 16.6 Å². The maximum Gasteiger partial charge on any atom is 0.335 e. The lowest BCUT2D eigenvalue weighted by atomic mass is 10.2. The summed E-state index contributed by atoms with van der Waals surface area (Å²) < 4.78 is 3.28. The molecule has 1 heterocycles. The summed E-state index contributed by atoms with van der Waals surface area (Å²) in [6.45, 7) is 0. The first kappa shape index (κ1) is 10.1. The van der Waals surface area contributed by atoms with Crippen LogP contribution in [0.5, 0.6) is 0 Å². The Morgan fingerprint density at radius 3 is 2.65 bits per heavy atom. The van der Waals surface area contributed by atoms with E-state index in [1.807, 2.05) is 0 Å². The number of carbonyl (C=O) groups is 1. The Labute approximate surface area is 96.9 Å². The van der Waals surface area contributed by atoms with Gasteiger partial charge in [-0.25, -0.2) is 9.59 Å². The summed E-state index contributed by atoms with van der Waals surface area (Å²) in [6.07, 6.45) is 1.99. The molecular formula is C12H12N2O3. The molecule has 17 heavy (non-hydrogen) atoms. The predicted octanol–water partition coefficient (Wildman–Crippen LogP) is 1.37. The van der Waals surface area contributed by atoms with Crippen molar-refractivity contribution in [3.63, 3.8) is 0 Å². The SMILES string of the molecule is Cn1c(=O)n(C2CC2)c2cc(C(=O)O)ccc21. The molecule has 0 spiro atoms. The van der Waals surface area contributed by atoms with Gasteiger partial charge in [0, 0.05) is 13.1 Å². The predicted molar refractivity (Wildman–Crippen MR) is 62.4 cm³/mol. The van der Waals surface area contributed by atoms with Gasteiger partial charge < -0.3 is 5.11 Å². The molecule has 0 aliphatic heterocycles. The van der Waals surface area contributed by atoms with E-state index in [2.05, 4.69) is 0 Å². The number of aromatic nitrogens is 2. The van der Waals surface area contributed by atoms with Gasteiger partial charge in [-0.3, -0.25) is 9.13 Å². The zero-order valence-electron chi connectivity index (χ0n) is 9.38. The lowest BCUT2D eigenvalue weighted by Gasteiger charge is -2.00. The Balaban J connectivity index is 2.37. The molecule has 0 unspecified atom stereocenters. The van der Waals surface area contributed by atoms with Crippen LogP contribution in [0.25, 0.3) is 11.0 Å². The van der Waals surface area contributed by atoms with Crippen molar-refractivity contribution in [2.45, 2.75) is 18.9 Å². The van der Waals surface area contributed by atoms with E-state index in [4.69, 9.17) is 5.11 Å². The van der Waals surface area contributed by atoms with E-state index in [0.717, 1.165) is 23.9 Å². The molecule has 0 bridgehead atoms. The molecule has 2 aromatic rings. The summed E-state index contributed by atoms with van der Waals surface area (Å²) in [6, 6.07) is 5.05. The first-order valence-corrected chi connectivity index (χ1v) is 5.54. The molecule has 0 amide bonds. The van der Waals surface area contributed by atoms with Crippen LogP contribution in [0.2, 0.25) is 0 Å². The Bertz CT molecular complexity index is 677. The maximum absolute atomic E-state index is 12.0. The zero-order chi connectivity index (χ0) is 12.2. The first-order valence-electron chi connectivity index (χ1n) is 5.54. The number of aromatic carboxylic acids is 1. The van der Waals surface area contributed by atoms with Crippen LogP contribution in [0.4, 0.5) is 0 Å². The second-order valence-corrected chi connectivity index (χ2v) is 4.45. The van der Waals surface area contributed by atoms with Crippen molar-refractivity contribution >= 4 is 17.0 Å². The number of hydrogen-bond donors (Lipinski definition) is 1. The second kappa shape index (κ2) is 3.23. The highest BCUT2D eigenvalue weighted by Gasteiger charge is 2.28. The monoisotopic (exact) mass is 232 g/mol. The third kappa shape index (κ3) is 1.39. The minimum absolute atomic E-state index is 0.0648. The summed E-state index contributed by atoms with van der Waals surface area (Å²) in [5, 5.41) is 8.97. The number of nitrogens with zero attached hydrogens (tertiary/aromatic N) is 2. The van der Waals surface area contributed by atoms with E-state index >= 15 is 0 Å². The molecule has 5 nitrogen and oxygen atoms in total.